The predicted molar refractivity (Wildman–Crippen MR) is 109 cm³/mol. The van der Waals surface area contributed by atoms with E-state index in [1.54, 1.807) is 0 Å². The van der Waals surface area contributed by atoms with Gasteiger partial charge in [0, 0.05) is 25.7 Å². The molecular formula is C21H20N4O3S. The zero-order valence-electron chi connectivity index (χ0n) is 16.0. The molecule has 0 radical (unpaired) electrons. The van der Waals surface area contributed by atoms with E-state index in [0.717, 1.165) is 30.1 Å². The molecule has 0 N–H and O–H groups in total. The molecular weight excluding hydrogens is 388 g/mol. The number of carbonyl (C=O) groups excluding carboxylic acids is 1. The average molecular weight is 408 g/mol. The molecule has 0 spiro atoms. The standard InChI is InChI=1S/C21H20N4O3S/c1-24-20(15-6-7-17-18(10-15)28-13-27-17)22-23-21(24)29-12-19(26)25-9-8-14-4-2-3-5-16(14)11-25/h2-7,10H,8-9,11-13H2,1H3. The molecule has 2 aromatic carbocycles. The van der Waals surface area contributed by atoms with Gasteiger partial charge in [-0.25, -0.2) is 0 Å². The molecule has 7 nitrogen and oxygen atoms in total. The Morgan fingerprint density at radius 3 is 2.83 bits per heavy atom. The van der Waals surface area contributed by atoms with E-state index in [1.807, 2.05) is 40.8 Å². The first-order valence-corrected chi connectivity index (χ1v) is 10.4. The van der Waals surface area contributed by atoms with E-state index in [9.17, 15) is 4.79 Å². The number of carbonyl (C=O) groups is 1. The van der Waals surface area contributed by atoms with Crippen molar-refractivity contribution in [3.8, 4) is 22.9 Å². The van der Waals surface area contributed by atoms with Gasteiger partial charge in [-0.15, -0.1) is 10.2 Å². The third-order valence-corrected chi connectivity index (χ3v) is 6.28. The van der Waals surface area contributed by atoms with Crippen LogP contribution in [0.15, 0.2) is 47.6 Å². The highest BCUT2D eigenvalue weighted by Crippen LogP contribution is 2.35. The third kappa shape index (κ3) is 3.44. The smallest absolute Gasteiger partial charge is 0.233 e. The molecule has 5 rings (SSSR count). The Morgan fingerprint density at radius 2 is 1.93 bits per heavy atom. The zero-order valence-corrected chi connectivity index (χ0v) is 16.8. The van der Waals surface area contributed by atoms with E-state index in [1.165, 1.54) is 22.9 Å². The maximum absolute atomic E-state index is 12.7. The molecule has 2 aliphatic rings. The highest BCUT2D eigenvalue weighted by atomic mass is 32.2. The van der Waals surface area contributed by atoms with Crippen molar-refractivity contribution in [2.24, 2.45) is 7.05 Å². The molecule has 0 aliphatic carbocycles. The second kappa shape index (κ2) is 7.44. The van der Waals surface area contributed by atoms with Crippen LogP contribution in [0.2, 0.25) is 0 Å². The first-order valence-electron chi connectivity index (χ1n) is 9.46. The number of rotatable bonds is 4. The molecule has 148 valence electrons. The van der Waals surface area contributed by atoms with Gasteiger partial charge in [0.05, 0.1) is 5.75 Å². The molecule has 29 heavy (non-hydrogen) atoms. The number of amides is 1. The van der Waals surface area contributed by atoms with E-state index in [4.69, 9.17) is 9.47 Å². The van der Waals surface area contributed by atoms with E-state index >= 15 is 0 Å². The Bertz CT molecular complexity index is 1080. The molecule has 2 aliphatic heterocycles. The van der Waals surface area contributed by atoms with Crippen molar-refractivity contribution in [1.82, 2.24) is 19.7 Å². The first-order chi connectivity index (χ1) is 14.2. The normalized spacial score (nSPS) is 14.7. The van der Waals surface area contributed by atoms with Gasteiger partial charge in [-0.1, -0.05) is 36.0 Å². The molecule has 8 heteroatoms. The molecule has 0 saturated heterocycles. The lowest BCUT2D eigenvalue weighted by molar-refractivity contribution is -0.129. The Balaban J connectivity index is 1.26. The summed E-state index contributed by atoms with van der Waals surface area (Å²) in [6.07, 6.45) is 0.908. The Kier molecular flexibility index (Phi) is 4.63. The summed E-state index contributed by atoms with van der Waals surface area (Å²) in [6.45, 7) is 1.68. The maximum atomic E-state index is 12.7. The summed E-state index contributed by atoms with van der Waals surface area (Å²) in [4.78, 5) is 14.6. The molecule has 0 saturated carbocycles. The molecule has 0 unspecified atom stereocenters. The van der Waals surface area contributed by atoms with Gasteiger partial charge in [0.2, 0.25) is 12.7 Å². The number of thioether (sulfide) groups is 1. The van der Waals surface area contributed by atoms with Gasteiger partial charge < -0.3 is 18.9 Å². The quantitative estimate of drug-likeness (QED) is 0.619. The number of fused-ring (bicyclic) bond motifs is 2. The largest absolute Gasteiger partial charge is 0.454 e. The van der Waals surface area contributed by atoms with Crippen molar-refractivity contribution < 1.29 is 14.3 Å². The number of nitrogens with zero attached hydrogens (tertiary/aromatic N) is 4. The van der Waals surface area contributed by atoms with E-state index in [2.05, 4.69) is 28.4 Å². The van der Waals surface area contributed by atoms with Gasteiger partial charge in [0.1, 0.15) is 0 Å². The molecule has 3 heterocycles. The topological polar surface area (TPSA) is 69.5 Å². The van der Waals surface area contributed by atoms with Crippen molar-refractivity contribution in [3.05, 3.63) is 53.6 Å². The fourth-order valence-corrected chi connectivity index (χ4v) is 4.47. The Morgan fingerprint density at radius 1 is 1.10 bits per heavy atom. The van der Waals surface area contributed by atoms with Gasteiger partial charge >= 0.3 is 0 Å². The highest BCUT2D eigenvalue weighted by Gasteiger charge is 2.22. The summed E-state index contributed by atoms with van der Waals surface area (Å²) >= 11 is 1.41. The van der Waals surface area contributed by atoms with Crippen LogP contribution < -0.4 is 9.47 Å². The highest BCUT2D eigenvalue weighted by molar-refractivity contribution is 7.99. The van der Waals surface area contributed by atoms with Crippen LogP contribution in [0.5, 0.6) is 11.5 Å². The summed E-state index contributed by atoms with van der Waals surface area (Å²) in [5.74, 6) is 2.64. The van der Waals surface area contributed by atoms with Crippen molar-refractivity contribution in [2.75, 3.05) is 19.1 Å². The molecule has 0 atom stereocenters. The number of ether oxygens (including phenoxy) is 2. The molecule has 0 bridgehead atoms. The minimum absolute atomic E-state index is 0.122. The first kappa shape index (κ1) is 18.1. The minimum atomic E-state index is 0.122. The number of hydrogen-bond donors (Lipinski definition) is 0. The second-order valence-electron chi connectivity index (χ2n) is 7.06. The lowest BCUT2D eigenvalue weighted by Crippen LogP contribution is -2.37. The van der Waals surface area contributed by atoms with Crippen molar-refractivity contribution in [1.29, 1.82) is 0 Å². The van der Waals surface area contributed by atoms with E-state index in [-0.39, 0.29) is 12.7 Å². The monoisotopic (exact) mass is 408 g/mol. The predicted octanol–water partition coefficient (Wildman–Crippen LogP) is 2.89. The average Bonchev–Trinajstić information content (AvgIpc) is 3.37. The summed E-state index contributed by atoms with van der Waals surface area (Å²) in [5.41, 5.74) is 3.47. The van der Waals surface area contributed by atoms with Crippen LogP contribution in [0.1, 0.15) is 11.1 Å². The fraction of sp³-hybridized carbons (Fsp3) is 0.286. The van der Waals surface area contributed by atoms with Gasteiger partial charge in [0.15, 0.2) is 22.5 Å². The molecule has 1 amide bonds. The summed E-state index contributed by atoms with van der Waals surface area (Å²) in [7, 11) is 1.91. The van der Waals surface area contributed by atoms with Crippen LogP contribution in [0.4, 0.5) is 0 Å². The second-order valence-corrected chi connectivity index (χ2v) is 8.00. The Labute approximate surface area is 172 Å². The lowest BCUT2D eigenvalue weighted by Gasteiger charge is -2.28. The van der Waals surface area contributed by atoms with E-state index in [0.29, 0.717) is 23.2 Å². The van der Waals surface area contributed by atoms with Crippen LogP contribution in [-0.4, -0.2) is 44.7 Å². The maximum Gasteiger partial charge on any atom is 0.233 e. The van der Waals surface area contributed by atoms with Crippen molar-refractivity contribution in [2.45, 2.75) is 18.1 Å². The molecule has 0 fully saturated rings. The number of benzene rings is 2. The summed E-state index contributed by atoms with van der Waals surface area (Å²) < 4.78 is 12.7. The van der Waals surface area contributed by atoms with E-state index < -0.39 is 0 Å². The van der Waals surface area contributed by atoms with Crippen LogP contribution >= 0.6 is 11.8 Å². The lowest BCUT2D eigenvalue weighted by atomic mass is 10.00. The van der Waals surface area contributed by atoms with Gasteiger partial charge in [-0.05, 0) is 35.7 Å². The van der Waals surface area contributed by atoms with Gasteiger partial charge in [-0.3, -0.25) is 4.79 Å². The Hall–Kier alpha value is -3.00. The summed E-state index contributed by atoms with van der Waals surface area (Å²) in [6, 6.07) is 14.0. The number of aromatic nitrogens is 3. The van der Waals surface area contributed by atoms with Gasteiger partial charge in [-0.2, -0.15) is 0 Å². The fourth-order valence-electron chi connectivity index (χ4n) is 3.65. The van der Waals surface area contributed by atoms with Crippen LogP contribution in [0.3, 0.4) is 0 Å². The van der Waals surface area contributed by atoms with Gasteiger partial charge in [0.25, 0.3) is 0 Å². The zero-order chi connectivity index (χ0) is 19.8. The summed E-state index contributed by atoms with van der Waals surface area (Å²) in [5, 5.41) is 9.29. The molecule has 1 aromatic heterocycles. The molecule has 3 aromatic rings. The third-order valence-electron chi connectivity index (χ3n) is 5.27. The van der Waals surface area contributed by atoms with Crippen LogP contribution in [-0.2, 0) is 24.8 Å². The van der Waals surface area contributed by atoms with Crippen molar-refractivity contribution >= 4 is 17.7 Å². The van der Waals surface area contributed by atoms with Crippen LogP contribution in [0.25, 0.3) is 11.4 Å². The number of hydrogen-bond acceptors (Lipinski definition) is 6. The minimum Gasteiger partial charge on any atom is -0.454 e. The van der Waals surface area contributed by atoms with Crippen molar-refractivity contribution in [3.63, 3.8) is 0 Å². The van der Waals surface area contributed by atoms with Crippen LogP contribution in [0, 0.1) is 0 Å². The SMILES string of the molecule is Cn1c(SCC(=O)N2CCc3ccccc3C2)nnc1-c1ccc2c(c1)OCO2.